The van der Waals surface area contributed by atoms with Crippen LogP contribution in [0.2, 0.25) is 0 Å². The summed E-state index contributed by atoms with van der Waals surface area (Å²) < 4.78 is 8.97. The van der Waals surface area contributed by atoms with Gasteiger partial charge >= 0.3 is 0 Å². The van der Waals surface area contributed by atoms with Crippen LogP contribution >= 0.6 is 0 Å². The van der Waals surface area contributed by atoms with Crippen molar-refractivity contribution >= 4 is 5.69 Å². The Labute approximate surface area is 186 Å². The highest BCUT2D eigenvalue weighted by Gasteiger charge is 2.22. The SMILES string of the molecule is COc1ccc(N2CCC(n3ccc(=O)c(-c4ccnn4-c4ccccc4)n3)CC2)cc1. The van der Waals surface area contributed by atoms with Crippen LogP contribution in [-0.2, 0) is 0 Å². The van der Waals surface area contributed by atoms with E-state index in [0.29, 0.717) is 11.4 Å². The summed E-state index contributed by atoms with van der Waals surface area (Å²) in [6.07, 6.45) is 5.43. The fourth-order valence-corrected chi connectivity index (χ4v) is 4.24. The normalized spacial score (nSPS) is 14.5. The molecule has 0 spiro atoms. The first-order valence-corrected chi connectivity index (χ1v) is 10.8. The lowest BCUT2D eigenvalue weighted by Gasteiger charge is -2.34. The second-order valence-corrected chi connectivity index (χ2v) is 7.89. The molecule has 1 aliphatic rings. The van der Waals surface area contributed by atoms with Crippen molar-refractivity contribution in [1.82, 2.24) is 19.6 Å². The van der Waals surface area contributed by atoms with Gasteiger partial charge in [-0.3, -0.25) is 9.48 Å². The summed E-state index contributed by atoms with van der Waals surface area (Å²) in [5, 5.41) is 9.17. The summed E-state index contributed by atoms with van der Waals surface area (Å²) in [6.45, 7) is 1.87. The molecule has 1 fully saturated rings. The van der Waals surface area contributed by atoms with Gasteiger partial charge in [0, 0.05) is 31.0 Å². The molecule has 3 heterocycles. The molecule has 0 radical (unpaired) electrons. The first-order chi connectivity index (χ1) is 15.7. The maximum absolute atomic E-state index is 12.7. The van der Waals surface area contributed by atoms with Gasteiger partial charge in [-0.25, -0.2) is 4.68 Å². The molecule has 5 rings (SSSR count). The Morgan fingerprint density at radius 3 is 2.38 bits per heavy atom. The van der Waals surface area contributed by atoms with Gasteiger partial charge in [0.15, 0.2) is 5.69 Å². The Balaban J connectivity index is 1.36. The third kappa shape index (κ3) is 3.89. The molecule has 1 aliphatic heterocycles. The minimum absolute atomic E-state index is 0.102. The molecule has 0 atom stereocenters. The Bertz CT molecular complexity index is 1240. The van der Waals surface area contributed by atoms with E-state index in [2.05, 4.69) is 22.1 Å². The minimum atomic E-state index is -0.102. The average molecular weight is 428 g/mol. The predicted octanol–water partition coefficient (Wildman–Crippen LogP) is 3.95. The van der Waals surface area contributed by atoms with Crippen molar-refractivity contribution in [3.63, 3.8) is 0 Å². The smallest absolute Gasteiger partial charge is 0.209 e. The summed E-state index contributed by atoms with van der Waals surface area (Å²) in [5.41, 5.74) is 3.12. The zero-order chi connectivity index (χ0) is 21.9. The molecule has 0 saturated carbocycles. The van der Waals surface area contributed by atoms with Crippen molar-refractivity contribution in [3.05, 3.63) is 89.3 Å². The van der Waals surface area contributed by atoms with Crippen LogP contribution in [0.3, 0.4) is 0 Å². The monoisotopic (exact) mass is 427 g/mol. The second kappa shape index (κ2) is 8.70. The molecule has 2 aromatic carbocycles. The zero-order valence-electron chi connectivity index (χ0n) is 18.0. The van der Waals surface area contributed by atoms with Gasteiger partial charge in [0.25, 0.3) is 0 Å². The van der Waals surface area contributed by atoms with Gasteiger partial charge < -0.3 is 9.64 Å². The fourth-order valence-electron chi connectivity index (χ4n) is 4.24. The van der Waals surface area contributed by atoms with Gasteiger partial charge in [0.1, 0.15) is 5.75 Å². The Morgan fingerprint density at radius 1 is 0.906 bits per heavy atom. The number of nitrogens with zero attached hydrogens (tertiary/aromatic N) is 5. The molecule has 32 heavy (non-hydrogen) atoms. The van der Waals surface area contributed by atoms with E-state index in [1.807, 2.05) is 59.4 Å². The molecule has 7 nitrogen and oxygen atoms in total. The maximum Gasteiger partial charge on any atom is 0.209 e. The Kier molecular flexibility index (Phi) is 5.46. The highest BCUT2D eigenvalue weighted by Crippen LogP contribution is 2.27. The molecule has 0 bridgehead atoms. The second-order valence-electron chi connectivity index (χ2n) is 7.89. The van der Waals surface area contributed by atoms with E-state index in [4.69, 9.17) is 9.84 Å². The van der Waals surface area contributed by atoms with Gasteiger partial charge in [-0.2, -0.15) is 10.2 Å². The third-order valence-electron chi connectivity index (χ3n) is 5.99. The van der Waals surface area contributed by atoms with E-state index in [1.54, 1.807) is 24.1 Å². The molecular formula is C25H25N5O2. The van der Waals surface area contributed by atoms with Crippen LogP contribution in [0.5, 0.6) is 5.75 Å². The maximum atomic E-state index is 12.7. The summed E-state index contributed by atoms with van der Waals surface area (Å²) in [6, 6.07) is 21.7. The van der Waals surface area contributed by atoms with E-state index < -0.39 is 0 Å². The number of para-hydroxylation sites is 1. The quantitative estimate of drug-likeness (QED) is 0.483. The highest BCUT2D eigenvalue weighted by molar-refractivity contribution is 5.56. The molecule has 4 aromatic rings. The number of rotatable bonds is 5. The minimum Gasteiger partial charge on any atom is -0.497 e. The van der Waals surface area contributed by atoms with Crippen LogP contribution in [0.4, 0.5) is 5.69 Å². The van der Waals surface area contributed by atoms with E-state index >= 15 is 0 Å². The van der Waals surface area contributed by atoms with Crippen LogP contribution in [0, 0.1) is 0 Å². The lowest BCUT2D eigenvalue weighted by Crippen LogP contribution is -2.35. The van der Waals surface area contributed by atoms with E-state index in [9.17, 15) is 4.79 Å². The van der Waals surface area contributed by atoms with Crippen LogP contribution in [0.25, 0.3) is 17.1 Å². The van der Waals surface area contributed by atoms with Crippen LogP contribution in [-0.4, -0.2) is 39.8 Å². The first kappa shape index (κ1) is 20.1. The van der Waals surface area contributed by atoms with Crippen molar-refractivity contribution in [1.29, 1.82) is 0 Å². The predicted molar refractivity (Wildman–Crippen MR) is 125 cm³/mol. The van der Waals surface area contributed by atoms with E-state index in [1.165, 1.54) is 5.69 Å². The molecule has 162 valence electrons. The molecule has 0 unspecified atom stereocenters. The molecular weight excluding hydrogens is 402 g/mol. The van der Waals surface area contributed by atoms with Crippen LogP contribution in [0.15, 0.2) is 83.9 Å². The largest absolute Gasteiger partial charge is 0.497 e. The number of methoxy groups -OCH3 is 1. The van der Waals surface area contributed by atoms with E-state index in [0.717, 1.165) is 37.4 Å². The van der Waals surface area contributed by atoms with Crippen molar-refractivity contribution in [2.24, 2.45) is 0 Å². The Morgan fingerprint density at radius 2 is 1.66 bits per heavy atom. The van der Waals surface area contributed by atoms with Gasteiger partial charge in [-0.15, -0.1) is 0 Å². The molecule has 0 aliphatic carbocycles. The number of piperidine rings is 1. The Hall–Kier alpha value is -3.87. The summed E-state index contributed by atoms with van der Waals surface area (Å²) >= 11 is 0. The van der Waals surface area contributed by atoms with Gasteiger partial charge in [0.2, 0.25) is 5.43 Å². The number of anilines is 1. The molecule has 0 N–H and O–H groups in total. The lowest BCUT2D eigenvalue weighted by molar-refractivity contribution is 0.362. The van der Waals surface area contributed by atoms with Gasteiger partial charge in [-0.05, 0) is 55.3 Å². The molecule has 0 amide bonds. The van der Waals surface area contributed by atoms with Gasteiger partial charge in [0.05, 0.1) is 30.7 Å². The van der Waals surface area contributed by atoms with E-state index in [-0.39, 0.29) is 11.5 Å². The number of aromatic nitrogens is 4. The third-order valence-corrected chi connectivity index (χ3v) is 5.99. The molecule has 7 heteroatoms. The van der Waals surface area contributed by atoms with Gasteiger partial charge in [-0.1, -0.05) is 18.2 Å². The number of hydrogen-bond donors (Lipinski definition) is 0. The number of benzene rings is 2. The number of hydrogen-bond acceptors (Lipinski definition) is 5. The molecule has 1 saturated heterocycles. The summed E-state index contributed by atoms with van der Waals surface area (Å²) in [5.74, 6) is 0.864. The fraction of sp³-hybridized carbons (Fsp3) is 0.240. The topological polar surface area (TPSA) is 65.2 Å². The average Bonchev–Trinajstić information content (AvgIpc) is 3.35. The van der Waals surface area contributed by atoms with Crippen LogP contribution < -0.4 is 15.1 Å². The summed E-state index contributed by atoms with van der Waals surface area (Å²) in [4.78, 5) is 15.1. The van der Waals surface area contributed by atoms with Crippen molar-refractivity contribution < 1.29 is 4.74 Å². The van der Waals surface area contributed by atoms with Crippen molar-refractivity contribution in [2.45, 2.75) is 18.9 Å². The standard InChI is InChI=1S/C25H25N5O2/c1-32-22-9-7-19(8-10-22)28-16-12-20(13-17-28)29-18-14-24(31)25(27-29)23-11-15-26-30(23)21-5-3-2-4-6-21/h2-11,14-15,18,20H,12-13,16-17H2,1H3. The number of ether oxygens (including phenoxy) is 1. The summed E-state index contributed by atoms with van der Waals surface area (Å²) in [7, 11) is 1.68. The van der Waals surface area contributed by atoms with Crippen molar-refractivity contribution in [2.75, 3.05) is 25.1 Å². The first-order valence-electron chi connectivity index (χ1n) is 10.8. The zero-order valence-corrected chi connectivity index (χ0v) is 18.0. The highest BCUT2D eigenvalue weighted by atomic mass is 16.5. The lowest BCUT2D eigenvalue weighted by atomic mass is 10.0. The molecule has 2 aromatic heterocycles. The van der Waals surface area contributed by atoms with Crippen molar-refractivity contribution in [3.8, 4) is 22.8 Å². The van der Waals surface area contributed by atoms with Crippen LogP contribution in [0.1, 0.15) is 18.9 Å².